The van der Waals surface area contributed by atoms with Crippen LogP contribution in [0.25, 0.3) is 0 Å². The Hall–Kier alpha value is -2.25. The lowest BCUT2D eigenvalue weighted by molar-refractivity contribution is -0.921. The summed E-state index contributed by atoms with van der Waals surface area (Å²) < 4.78 is 28.1. The molecule has 0 saturated carbocycles. The maximum Gasteiger partial charge on any atom is 0.159 e. The second kappa shape index (κ2) is 9.30. The molecule has 0 fully saturated rings. The fourth-order valence-electron chi connectivity index (χ4n) is 3.90. The highest BCUT2D eigenvalue weighted by Gasteiger charge is 2.37. The Kier molecular flexibility index (Phi) is 7.32. The smallest absolute Gasteiger partial charge is 0.159 e. The van der Waals surface area contributed by atoms with Crippen LogP contribution in [0.15, 0.2) is 48.5 Å². The minimum absolute atomic E-state index is 0.00290. The van der Waals surface area contributed by atoms with Crippen LogP contribution in [0.4, 0.5) is 8.78 Å². The summed E-state index contributed by atoms with van der Waals surface area (Å²) in [5, 5.41) is 10.0. The fraction of sp³-hybridized carbons (Fsp3) is 0.458. The summed E-state index contributed by atoms with van der Waals surface area (Å²) in [5.74, 6) is -1.77. The van der Waals surface area contributed by atoms with Crippen molar-refractivity contribution >= 4 is 0 Å². The number of hydrogen-bond acceptors (Lipinski definition) is 1. The molecule has 0 bridgehead atoms. The first-order chi connectivity index (χ1) is 13.3. The third kappa shape index (κ3) is 4.97. The molecule has 2 aromatic rings. The number of rotatable bonds is 9. The van der Waals surface area contributed by atoms with Gasteiger partial charge in [-0.3, -0.25) is 0 Å². The molecule has 0 aliphatic heterocycles. The zero-order valence-corrected chi connectivity index (χ0v) is 17.4. The quantitative estimate of drug-likeness (QED) is 0.498. The van der Waals surface area contributed by atoms with E-state index in [-0.39, 0.29) is 5.92 Å². The van der Waals surface area contributed by atoms with Gasteiger partial charge in [0.1, 0.15) is 6.54 Å². The SMILES string of the molecule is CC[N+](C)(CCCC(C#N)(c1ccc(F)c(F)c1)C(C)C)Cc1ccccc1. The van der Waals surface area contributed by atoms with Gasteiger partial charge in [-0.25, -0.2) is 8.78 Å². The summed E-state index contributed by atoms with van der Waals surface area (Å²) in [6, 6.07) is 16.7. The van der Waals surface area contributed by atoms with Crippen LogP contribution in [0.1, 0.15) is 44.7 Å². The van der Waals surface area contributed by atoms with Crippen molar-refractivity contribution in [3.63, 3.8) is 0 Å². The van der Waals surface area contributed by atoms with Gasteiger partial charge in [-0.05, 0) is 43.4 Å². The highest BCUT2D eigenvalue weighted by Crippen LogP contribution is 2.37. The van der Waals surface area contributed by atoms with E-state index in [1.807, 2.05) is 19.9 Å². The largest absolute Gasteiger partial charge is 0.323 e. The Labute approximate surface area is 168 Å². The average Bonchev–Trinajstić information content (AvgIpc) is 2.68. The van der Waals surface area contributed by atoms with E-state index < -0.39 is 17.0 Å². The van der Waals surface area contributed by atoms with Crippen molar-refractivity contribution in [1.82, 2.24) is 0 Å². The van der Waals surface area contributed by atoms with Crippen LogP contribution in [0.3, 0.4) is 0 Å². The number of benzene rings is 2. The molecular weight excluding hydrogens is 354 g/mol. The number of hydrogen-bond donors (Lipinski definition) is 0. The second-order valence-corrected chi connectivity index (χ2v) is 8.27. The van der Waals surface area contributed by atoms with E-state index in [9.17, 15) is 14.0 Å². The van der Waals surface area contributed by atoms with E-state index in [4.69, 9.17) is 0 Å². The zero-order chi connectivity index (χ0) is 20.8. The van der Waals surface area contributed by atoms with Gasteiger partial charge in [0, 0.05) is 5.56 Å². The number of nitriles is 1. The molecule has 4 heteroatoms. The summed E-state index contributed by atoms with van der Waals surface area (Å²) in [4.78, 5) is 0. The predicted octanol–water partition coefficient (Wildman–Crippen LogP) is 5.83. The Bertz CT molecular complexity index is 813. The van der Waals surface area contributed by atoms with Gasteiger partial charge in [-0.1, -0.05) is 50.2 Å². The lowest BCUT2D eigenvalue weighted by Crippen LogP contribution is -2.44. The first-order valence-electron chi connectivity index (χ1n) is 10.0. The molecule has 2 atom stereocenters. The molecule has 0 spiro atoms. The van der Waals surface area contributed by atoms with Crippen molar-refractivity contribution in [2.45, 2.75) is 45.6 Å². The van der Waals surface area contributed by atoms with Crippen molar-refractivity contribution in [2.75, 3.05) is 20.1 Å². The highest BCUT2D eigenvalue weighted by molar-refractivity contribution is 5.34. The monoisotopic (exact) mass is 385 g/mol. The molecule has 0 saturated heterocycles. The molecule has 0 aliphatic carbocycles. The van der Waals surface area contributed by atoms with E-state index in [2.05, 4.69) is 44.3 Å². The first-order valence-corrected chi connectivity index (χ1v) is 10.0. The Balaban J connectivity index is 2.17. The van der Waals surface area contributed by atoms with E-state index in [1.54, 1.807) is 6.07 Å². The van der Waals surface area contributed by atoms with Crippen LogP contribution in [0.2, 0.25) is 0 Å². The Morgan fingerprint density at radius 3 is 2.29 bits per heavy atom. The lowest BCUT2D eigenvalue weighted by Gasteiger charge is -2.36. The van der Waals surface area contributed by atoms with Crippen molar-refractivity contribution in [3.05, 3.63) is 71.3 Å². The summed E-state index contributed by atoms with van der Waals surface area (Å²) in [6.07, 6.45) is 1.46. The summed E-state index contributed by atoms with van der Waals surface area (Å²) in [5.41, 5.74) is 1.04. The fourth-order valence-corrected chi connectivity index (χ4v) is 3.90. The number of halogens is 2. The molecule has 0 radical (unpaired) electrons. The zero-order valence-electron chi connectivity index (χ0n) is 17.4. The molecule has 0 aliphatic rings. The normalized spacial score (nSPS) is 15.6. The van der Waals surface area contributed by atoms with Crippen LogP contribution in [0, 0.1) is 28.9 Å². The molecule has 0 amide bonds. The molecule has 0 aromatic heterocycles. The van der Waals surface area contributed by atoms with E-state index in [0.29, 0.717) is 12.0 Å². The van der Waals surface area contributed by atoms with Gasteiger partial charge < -0.3 is 4.48 Å². The molecule has 2 rings (SSSR count). The molecule has 2 aromatic carbocycles. The minimum atomic E-state index is -0.893. The van der Waals surface area contributed by atoms with E-state index >= 15 is 0 Å². The van der Waals surface area contributed by atoms with Gasteiger partial charge in [0.25, 0.3) is 0 Å². The Morgan fingerprint density at radius 2 is 1.75 bits per heavy atom. The van der Waals surface area contributed by atoms with E-state index in [0.717, 1.165) is 36.6 Å². The molecule has 2 unspecified atom stereocenters. The predicted molar refractivity (Wildman–Crippen MR) is 109 cm³/mol. The summed E-state index contributed by atoms with van der Waals surface area (Å²) >= 11 is 0. The summed E-state index contributed by atoms with van der Waals surface area (Å²) in [6.45, 7) is 8.97. The molecule has 0 N–H and O–H groups in total. The third-order valence-electron chi connectivity index (χ3n) is 6.06. The molecular formula is C24H31F2N2+. The van der Waals surface area contributed by atoms with Gasteiger partial charge in [0.2, 0.25) is 0 Å². The van der Waals surface area contributed by atoms with Crippen molar-refractivity contribution in [2.24, 2.45) is 5.92 Å². The standard InChI is InChI=1S/C24H31F2N2/c1-5-28(4,17-20-10-7-6-8-11-20)15-9-14-24(18-27,19(2)3)21-12-13-22(25)23(26)16-21/h6-8,10-13,16,19H,5,9,14-15,17H2,1-4H3/q+1. The molecule has 0 heterocycles. The second-order valence-electron chi connectivity index (χ2n) is 8.27. The van der Waals surface area contributed by atoms with Crippen LogP contribution >= 0.6 is 0 Å². The van der Waals surface area contributed by atoms with Crippen molar-refractivity contribution in [1.29, 1.82) is 5.26 Å². The maximum absolute atomic E-state index is 13.8. The third-order valence-corrected chi connectivity index (χ3v) is 6.06. The van der Waals surface area contributed by atoms with E-state index in [1.165, 1.54) is 11.6 Å². The summed E-state index contributed by atoms with van der Waals surface area (Å²) in [7, 11) is 2.23. The molecule has 28 heavy (non-hydrogen) atoms. The van der Waals surface area contributed by atoms with Gasteiger partial charge >= 0.3 is 0 Å². The van der Waals surface area contributed by atoms with Crippen molar-refractivity contribution in [3.8, 4) is 6.07 Å². The number of nitrogens with zero attached hydrogens (tertiary/aromatic N) is 2. The molecule has 150 valence electrons. The average molecular weight is 386 g/mol. The van der Waals surface area contributed by atoms with Gasteiger partial charge in [0.15, 0.2) is 11.6 Å². The van der Waals surface area contributed by atoms with Gasteiger partial charge in [0.05, 0.1) is 31.6 Å². The topological polar surface area (TPSA) is 23.8 Å². The highest BCUT2D eigenvalue weighted by atomic mass is 19.2. The first kappa shape index (κ1) is 22.0. The van der Waals surface area contributed by atoms with Crippen LogP contribution in [-0.2, 0) is 12.0 Å². The Morgan fingerprint density at radius 1 is 1.07 bits per heavy atom. The molecule has 2 nitrogen and oxygen atoms in total. The van der Waals surface area contributed by atoms with Gasteiger partial charge in [-0.15, -0.1) is 0 Å². The van der Waals surface area contributed by atoms with Crippen molar-refractivity contribution < 1.29 is 13.3 Å². The lowest BCUT2D eigenvalue weighted by atomic mass is 9.69. The van der Waals surface area contributed by atoms with Crippen LogP contribution in [0.5, 0.6) is 0 Å². The van der Waals surface area contributed by atoms with Crippen LogP contribution in [-0.4, -0.2) is 24.6 Å². The minimum Gasteiger partial charge on any atom is -0.323 e. The van der Waals surface area contributed by atoms with Gasteiger partial charge in [-0.2, -0.15) is 5.26 Å². The maximum atomic E-state index is 13.8. The number of quaternary nitrogens is 1. The van der Waals surface area contributed by atoms with Crippen LogP contribution < -0.4 is 0 Å².